The summed E-state index contributed by atoms with van der Waals surface area (Å²) in [6, 6.07) is 9.93. The summed E-state index contributed by atoms with van der Waals surface area (Å²) in [5.41, 5.74) is 3.88. The Morgan fingerprint density at radius 3 is 2.54 bits per heavy atom. The van der Waals surface area contributed by atoms with E-state index in [2.05, 4.69) is 66.7 Å². The summed E-state index contributed by atoms with van der Waals surface area (Å²) < 4.78 is 0. The third kappa shape index (κ3) is 4.12. The smallest absolute Gasteiger partial charge is 0.220 e. The van der Waals surface area contributed by atoms with Gasteiger partial charge in [-0.3, -0.25) is 9.69 Å². The molecule has 0 fully saturated rings. The van der Waals surface area contributed by atoms with Gasteiger partial charge in [0.15, 0.2) is 0 Å². The van der Waals surface area contributed by atoms with Crippen LogP contribution in [0.3, 0.4) is 0 Å². The number of carbonyl (C=O) groups is 1. The van der Waals surface area contributed by atoms with E-state index in [0.29, 0.717) is 12.1 Å². The summed E-state index contributed by atoms with van der Waals surface area (Å²) >= 11 is 0. The Hall–Kier alpha value is -1.81. The number of rotatable bonds is 8. The molecule has 1 aliphatic rings. The Morgan fingerprint density at radius 1 is 1.21 bits per heavy atom. The molecule has 0 aliphatic carbocycles. The summed E-state index contributed by atoms with van der Waals surface area (Å²) in [4.78, 5) is 20.7. The van der Waals surface area contributed by atoms with E-state index in [4.69, 9.17) is 0 Å². The SMILES string of the molecule is CCC(C)N(CCCC1c2[nH]c3ccccc3c2CCN1C(C)=O)C(C)CC. The van der Waals surface area contributed by atoms with Crippen LogP contribution in [0.4, 0.5) is 0 Å². The summed E-state index contributed by atoms with van der Waals surface area (Å²) in [5.74, 6) is 0.190. The second kappa shape index (κ2) is 9.13. The van der Waals surface area contributed by atoms with Crippen LogP contribution in [0.15, 0.2) is 24.3 Å². The fourth-order valence-electron chi connectivity index (χ4n) is 4.81. The molecule has 1 aliphatic heterocycles. The quantitative estimate of drug-likeness (QED) is 0.672. The van der Waals surface area contributed by atoms with Gasteiger partial charge >= 0.3 is 0 Å². The van der Waals surface area contributed by atoms with E-state index < -0.39 is 0 Å². The lowest BCUT2D eigenvalue weighted by Crippen LogP contribution is -2.42. The number of nitrogens with zero attached hydrogens (tertiary/aromatic N) is 2. The molecule has 1 amide bonds. The number of para-hydroxylation sites is 1. The number of hydrogen-bond acceptors (Lipinski definition) is 2. The Balaban J connectivity index is 1.80. The van der Waals surface area contributed by atoms with Crippen molar-refractivity contribution in [1.29, 1.82) is 0 Å². The van der Waals surface area contributed by atoms with Crippen molar-refractivity contribution in [1.82, 2.24) is 14.8 Å². The molecule has 1 N–H and O–H groups in total. The van der Waals surface area contributed by atoms with Crippen molar-refractivity contribution in [3.8, 4) is 0 Å². The first-order chi connectivity index (χ1) is 13.5. The number of nitrogens with one attached hydrogen (secondary N) is 1. The number of carbonyl (C=O) groups excluding carboxylic acids is 1. The number of hydrogen-bond donors (Lipinski definition) is 1. The highest BCUT2D eigenvalue weighted by Crippen LogP contribution is 2.37. The Labute approximate surface area is 170 Å². The van der Waals surface area contributed by atoms with Gasteiger partial charge in [0, 0.05) is 42.1 Å². The van der Waals surface area contributed by atoms with E-state index in [-0.39, 0.29) is 11.9 Å². The Morgan fingerprint density at radius 2 is 1.89 bits per heavy atom. The molecule has 0 spiro atoms. The van der Waals surface area contributed by atoms with Crippen molar-refractivity contribution in [2.24, 2.45) is 0 Å². The van der Waals surface area contributed by atoms with Gasteiger partial charge in [0.25, 0.3) is 0 Å². The molecular formula is C24H37N3O. The third-order valence-corrected chi connectivity index (χ3v) is 6.77. The molecule has 2 aromatic rings. The highest BCUT2D eigenvalue weighted by atomic mass is 16.2. The molecule has 0 saturated heterocycles. The molecular weight excluding hydrogens is 346 g/mol. The maximum atomic E-state index is 12.3. The molecule has 0 saturated carbocycles. The monoisotopic (exact) mass is 383 g/mol. The number of aromatic amines is 1. The van der Waals surface area contributed by atoms with Crippen LogP contribution in [-0.2, 0) is 11.2 Å². The fourth-order valence-corrected chi connectivity index (χ4v) is 4.81. The molecule has 0 bridgehead atoms. The molecule has 3 rings (SSSR count). The van der Waals surface area contributed by atoms with Gasteiger partial charge in [-0.15, -0.1) is 0 Å². The lowest BCUT2D eigenvalue weighted by Gasteiger charge is -2.37. The van der Waals surface area contributed by atoms with Gasteiger partial charge in [-0.25, -0.2) is 0 Å². The predicted octanol–water partition coefficient (Wildman–Crippen LogP) is 5.29. The van der Waals surface area contributed by atoms with Crippen LogP contribution in [0.2, 0.25) is 0 Å². The van der Waals surface area contributed by atoms with Crippen LogP contribution in [0.1, 0.15) is 77.6 Å². The zero-order valence-corrected chi connectivity index (χ0v) is 18.3. The van der Waals surface area contributed by atoms with E-state index in [9.17, 15) is 4.79 Å². The van der Waals surface area contributed by atoms with Crippen LogP contribution < -0.4 is 0 Å². The maximum Gasteiger partial charge on any atom is 0.220 e. The number of aromatic nitrogens is 1. The molecule has 2 heterocycles. The fraction of sp³-hybridized carbons (Fsp3) is 0.625. The first-order valence-electron chi connectivity index (χ1n) is 11.1. The zero-order chi connectivity index (χ0) is 20.3. The topological polar surface area (TPSA) is 39.3 Å². The number of benzene rings is 1. The predicted molar refractivity (Wildman–Crippen MR) is 118 cm³/mol. The summed E-state index contributed by atoms with van der Waals surface area (Å²) in [7, 11) is 0. The number of fused-ring (bicyclic) bond motifs is 3. The third-order valence-electron chi connectivity index (χ3n) is 6.77. The van der Waals surface area contributed by atoms with Crippen LogP contribution in [-0.4, -0.2) is 45.9 Å². The Bertz CT molecular complexity index is 786. The summed E-state index contributed by atoms with van der Waals surface area (Å²) in [6.07, 6.45) is 5.43. The highest BCUT2D eigenvalue weighted by Gasteiger charge is 2.31. The molecule has 154 valence electrons. The van der Waals surface area contributed by atoms with Crippen molar-refractivity contribution in [3.05, 3.63) is 35.5 Å². The Kier molecular flexibility index (Phi) is 6.82. The van der Waals surface area contributed by atoms with Gasteiger partial charge in [-0.2, -0.15) is 0 Å². The van der Waals surface area contributed by atoms with Crippen molar-refractivity contribution in [3.63, 3.8) is 0 Å². The van der Waals surface area contributed by atoms with Crippen LogP contribution in [0.5, 0.6) is 0 Å². The maximum absolute atomic E-state index is 12.3. The van der Waals surface area contributed by atoms with E-state index in [0.717, 1.165) is 32.4 Å². The van der Waals surface area contributed by atoms with Gasteiger partial charge in [-0.05, 0) is 64.1 Å². The van der Waals surface area contributed by atoms with Crippen molar-refractivity contribution >= 4 is 16.8 Å². The minimum absolute atomic E-state index is 0.171. The zero-order valence-electron chi connectivity index (χ0n) is 18.3. The molecule has 3 atom stereocenters. The van der Waals surface area contributed by atoms with E-state index >= 15 is 0 Å². The average Bonchev–Trinajstić information content (AvgIpc) is 3.09. The second-order valence-corrected chi connectivity index (χ2v) is 8.44. The lowest BCUT2D eigenvalue weighted by molar-refractivity contribution is -0.132. The molecule has 1 aromatic heterocycles. The van der Waals surface area contributed by atoms with E-state index in [1.54, 1.807) is 6.92 Å². The van der Waals surface area contributed by atoms with Crippen LogP contribution >= 0.6 is 0 Å². The largest absolute Gasteiger partial charge is 0.356 e. The minimum atomic E-state index is 0.171. The molecule has 3 unspecified atom stereocenters. The normalized spacial score (nSPS) is 19.1. The molecule has 1 aromatic carbocycles. The minimum Gasteiger partial charge on any atom is -0.356 e. The van der Waals surface area contributed by atoms with Crippen LogP contribution in [0, 0.1) is 0 Å². The standard InChI is InChI=1S/C24H37N3O/c1-6-17(3)26(18(4)7-2)15-10-13-23-24-21(14-16-27(23)19(5)28)20-11-8-9-12-22(20)25-24/h8-9,11-12,17-18,23,25H,6-7,10,13-16H2,1-5H3. The molecule has 28 heavy (non-hydrogen) atoms. The lowest BCUT2D eigenvalue weighted by atomic mass is 9.94. The van der Waals surface area contributed by atoms with E-state index in [1.165, 1.54) is 35.0 Å². The van der Waals surface area contributed by atoms with Gasteiger partial charge in [0.1, 0.15) is 0 Å². The summed E-state index contributed by atoms with van der Waals surface area (Å²) in [5, 5.41) is 1.33. The second-order valence-electron chi connectivity index (χ2n) is 8.44. The van der Waals surface area contributed by atoms with Crippen molar-refractivity contribution < 1.29 is 4.79 Å². The van der Waals surface area contributed by atoms with Gasteiger partial charge in [-0.1, -0.05) is 32.0 Å². The van der Waals surface area contributed by atoms with Crippen molar-refractivity contribution in [2.75, 3.05) is 13.1 Å². The number of H-pyrrole nitrogens is 1. The highest BCUT2D eigenvalue weighted by molar-refractivity contribution is 5.86. The van der Waals surface area contributed by atoms with Crippen molar-refractivity contribution in [2.45, 2.75) is 84.8 Å². The summed E-state index contributed by atoms with van der Waals surface area (Å²) in [6.45, 7) is 12.9. The molecule has 0 radical (unpaired) electrons. The molecule has 4 heteroatoms. The van der Waals surface area contributed by atoms with Gasteiger partial charge < -0.3 is 9.88 Å². The number of amides is 1. The van der Waals surface area contributed by atoms with Crippen LogP contribution in [0.25, 0.3) is 10.9 Å². The van der Waals surface area contributed by atoms with Gasteiger partial charge in [0.05, 0.1) is 6.04 Å². The first kappa shape index (κ1) is 20.9. The van der Waals surface area contributed by atoms with E-state index in [1.807, 2.05) is 0 Å². The first-order valence-corrected chi connectivity index (χ1v) is 11.1. The van der Waals surface area contributed by atoms with Gasteiger partial charge in [0.2, 0.25) is 5.91 Å². The average molecular weight is 384 g/mol. The molecule has 4 nitrogen and oxygen atoms in total.